The van der Waals surface area contributed by atoms with E-state index in [0.717, 1.165) is 12.1 Å². The van der Waals surface area contributed by atoms with E-state index in [2.05, 4.69) is 4.72 Å². The summed E-state index contributed by atoms with van der Waals surface area (Å²) in [4.78, 5) is 9.87. The van der Waals surface area contributed by atoms with Gasteiger partial charge in [-0.05, 0) is 18.2 Å². The van der Waals surface area contributed by atoms with Crippen LogP contribution in [0.25, 0.3) is 0 Å². The third kappa shape index (κ3) is 3.76. The van der Waals surface area contributed by atoms with Crippen molar-refractivity contribution in [1.29, 1.82) is 0 Å². The molecule has 0 aliphatic heterocycles. The predicted octanol–water partition coefficient (Wildman–Crippen LogP) is 2.93. The Morgan fingerprint density at radius 1 is 1.33 bits per heavy atom. The first-order valence-electron chi connectivity index (χ1n) is 5.47. The van der Waals surface area contributed by atoms with Crippen LogP contribution in [0.3, 0.4) is 0 Å². The molecule has 0 radical (unpaired) electrons. The van der Waals surface area contributed by atoms with Gasteiger partial charge in [-0.1, -0.05) is 11.6 Å². The van der Waals surface area contributed by atoms with Crippen molar-refractivity contribution in [1.82, 2.24) is 4.72 Å². The molecule has 1 heterocycles. The van der Waals surface area contributed by atoms with Crippen LogP contribution in [0.15, 0.2) is 35.2 Å². The number of nitro groups is 1. The number of hydrogen-bond acceptors (Lipinski definition) is 5. The summed E-state index contributed by atoms with van der Waals surface area (Å²) in [7, 11) is -3.96. The zero-order chi connectivity index (χ0) is 15.6. The lowest BCUT2D eigenvalue weighted by atomic mass is 10.3. The van der Waals surface area contributed by atoms with Crippen molar-refractivity contribution in [3.05, 3.63) is 55.5 Å². The fraction of sp³-hybridized carbons (Fsp3) is 0.0909. The van der Waals surface area contributed by atoms with Crippen molar-refractivity contribution in [2.45, 2.75) is 11.4 Å². The Bertz CT molecular complexity index is 791. The molecule has 1 aromatic carbocycles. The third-order valence-corrected chi connectivity index (χ3v) is 5.12. The molecule has 2 aromatic rings. The van der Waals surface area contributed by atoms with Gasteiger partial charge in [-0.15, -0.1) is 11.3 Å². The number of thiophene rings is 1. The van der Waals surface area contributed by atoms with E-state index in [4.69, 9.17) is 11.6 Å². The van der Waals surface area contributed by atoms with Crippen LogP contribution in [0, 0.1) is 15.9 Å². The molecule has 0 amide bonds. The topological polar surface area (TPSA) is 89.3 Å². The van der Waals surface area contributed by atoms with Crippen LogP contribution in [0.1, 0.15) is 4.88 Å². The highest BCUT2D eigenvalue weighted by Gasteiger charge is 2.20. The molecule has 10 heteroatoms. The highest BCUT2D eigenvalue weighted by atomic mass is 35.5. The number of halogens is 2. The van der Waals surface area contributed by atoms with E-state index < -0.39 is 26.5 Å². The molecule has 1 N–H and O–H groups in total. The Morgan fingerprint density at radius 2 is 2.05 bits per heavy atom. The van der Waals surface area contributed by atoms with Gasteiger partial charge in [-0.25, -0.2) is 13.1 Å². The summed E-state index contributed by atoms with van der Waals surface area (Å²) < 4.78 is 40.2. The van der Waals surface area contributed by atoms with Gasteiger partial charge in [-0.3, -0.25) is 10.1 Å². The average Bonchev–Trinajstić information content (AvgIpc) is 2.82. The SMILES string of the molecule is O=[N+]([O-])c1ccc(S(=O)(=O)NCc2ccc(Cl)s2)cc1F. The maximum absolute atomic E-state index is 13.4. The van der Waals surface area contributed by atoms with Crippen LogP contribution in [0.4, 0.5) is 10.1 Å². The van der Waals surface area contributed by atoms with E-state index in [-0.39, 0.29) is 11.4 Å². The minimum Gasteiger partial charge on any atom is -0.258 e. The third-order valence-electron chi connectivity index (χ3n) is 2.49. The molecule has 0 aliphatic carbocycles. The van der Waals surface area contributed by atoms with Gasteiger partial charge in [0.25, 0.3) is 0 Å². The molecule has 2 rings (SSSR count). The van der Waals surface area contributed by atoms with Gasteiger partial charge in [0.2, 0.25) is 15.8 Å². The molecular formula is C11H8ClFN2O4S2. The maximum atomic E-state index is 13.4. The Kier molecular flexibility index (Phi) is 4.57. The summed E-state index contributed by atoms with van der Waals surface area (Å²) in [5.41, 5.74) is -0.779. The summed E-state index contributed by atoms with van der Waals surface area (Å²) in [5.74, 6) is -1.21. The molecule has 6 nitrogen and oxygen atoms in total. The Morgan fingerprint density at radius 3 is 2.57 bits per heavy atom. The van der Waals surface area contributed by atoms with Crippen molar-refractivity contribution < 1.29 is 17.7 Å². The average molecular weight is 351 g/mol. The molecule has 21 heavy (non-hydrogen) atoms. The lowest BCUT2D eigenvalue weighted by Crippen LogP contribution is -2.23. The maximum Gasteiger partial charge on any atom is 0.304 e. The van der Waals surface area contributed by atoms with E-state index in [1.165, 1.54) is 11.3 Å². The van der Waals surface area contributed by atoms with Crippen molar-refractivity contribution in [3.63, 3.8) is 0 Å². The second-order valence-electron chi connectivity index (χ2n) is 3.90. The van der Waals surface area contributed by atoms with Crippen LogP contribution < -0.4 is 4.72 Å². The molecular weight excluding hydrogens is 343 g/mol. The van der Waals surface area contributed by atoms with E-state index >= 15 is 0 Å². The standard InChI is InChI=1S/C11H8ClFN2O4S2/c12-11-4-1-7(20-11)6-14-21(18,19)8-2-3-10(15(16)17)9(13)5-8/h1-5,14H,6H2. The monoisotopic (exact) mass is 350 g/mol. The number of benzene rings is 1. The van der Waals surface area contributed by atoms with Gasteiger partial charge < -0.3 is 0 Å². The number of nitrogens with one attached hydrogen (secondary N) is 1. The first-order valence-corrected chi connectivity index (χ1v) is 8.15. The Hall–Kier alpha value is -1.55. The van der Waals surface area contributed by atoms with E-state index in [0.29, 0.717) is 15.3 Å². The zero-order valence-corrected chi connectivity index (χ0v) is 12.6. The number of sulfonamides is 1. The van der Waals surface area contributed by atoms with Gasteiger partial charge in [0.05, 0.1) is 14.2 Å². The van der Waals surface area contributed by atoms with Crippen LogP contribution in [-0.4, -0.2) is 13.3 Å². The minimum atomic E-state index is -3.96. The van der Waals surface area contributed by atoms with Crippen molar-refractivity contribution >= 4 is 38.6 Å². The van der Waals surface area contributed by atoms with Crippen molar-refractivity contribution in [3.8, 4) is 0 Å². The van der Waals surface area contributed by atoms with Gasteiger partial charge >= 0.3 is 5.69 Å². The quantitative estimate of drug-likeness (QED) is 0.663. The molecule has 0 saturated heterocycles. The molecule has 0 bridgehead atoms. The molecule has 0 spiro atoms. The Balaban J connectivity index is 2.19. The first-order chi connectivity index (χ1) is 9.79. The van der Waals surface area contributed by atoms with E-state index in [9.17, 15) is 22.9 Å². The smallest absolute Gasteiger partial charge is 0.258 e. The number of rotatable bonds is 5. The fourth-order valence-corrected chi connectivity index (χ4v) is 3.64. The Labute approximate surface area is 128 Å². The number of nitrogens with zero attached hydrogens (tertiary/aromatic N) is 1. The van der Waals surface area contributed by atoms with Crippen LogP contribution in [0.2, 0.25) is 4.34 Å². The van der Waals surface area contributed by atoms with Gasteiger partial charge in [0.1, 0.15) is 0 Å². The summed E-state index contributed by atoms with van der Waals surface area (Å²) in [5, 5.41) is 10.5. The lowest BCUT2D eigenvalue weighted by Gasteiger charge is -2.05. The highest BCUT2D eigenvalue weighted by molar-refractivity contribution is 7.89. The van der Waals surface area contributed by atoms with Crippen molar-refractivity contribution in [2.75, 3.05) is 0 Å². The van der Waals surface area contributed by atoms with Crippen LogP contribution >= 0.6 is 22.9 Å². The molecule has 1 aromatic heterocycles. The summed E-state index contributed by atoms with van der Waals surface area (Å²) in [6, 6.07) is 5.69. The molecule has 0 saturated carbocycles. The molecule has 112 valence electrons. The highest BCUT2D eigenvalue weighted by Crippen LogP contribution is 2.23. The lowest BCUT2D eigenvalue weighted by molar-refractivity contribution is -0.387. The van der Waals surface area contributed by atoms with Gasteiger partial charge in [-0.2, -0.15) is 4.39 Å². The van der Waals surface area contributed by atoms with Gasteiger partial charge in [0.15, 0.2) is 0 Å². The summed E-state index contributed by atoms with van der Waals surface area (Å²) in [6.07, 6.45) is 0. The normalized spacial score (nSPS) is 11.5. The fourth-order valence-electron chi connectivity index (χ4n) is 1.50. The van der Waals surface area contributed by atoms with Gasteiger partial charge in [0, 0.05) is 23.6 Å². The molecule has 0 unspecified atom stereocenters. The van der Waals surface area contributed by atoms with E-state index in [1.54, 1.807) is 12.1 Å². The number of nitro benzene ring substituents is 1. The molecule has 0 aliphatic rings. The largest absolute Gasteiger partial charge is 0.304 e. The second-order valence-corrected chi connectivity index (χ2v) is 7.47. The zero-order valence-electron chi connectivity index (χ0n) is 10.2. The molecule has 0 atom stereocenters. The van der Waals surface area contributed by atoms with Crippen LogP contribution in [-0.2, 0) is 16.6 Å². The predicted molar refractivity (Wildman–Crippen MR) is 76.4 cm³/mol. The minimum absolute atomic E-state index is 0.00166. The molecule has 0 fully saturated rings. The summed E-state index contributed by atoms with van der Waals surface area (Å²) in [6.45, 7) is -0.00166. The summed E-state index contributed by atoms with van der Waals surface area (Å²) >= 11 is 6.93. The second kappa shape index (κ2) is 6.06. The first kappa shape index (κ1) is 15.8. The number of hydrogen-bond donors (Lipinski definition) is 1. The van der Waals surface area contributed by atoms with Crippen molar-refractivity contribution in [2.24, 2.45) is 0 Å². The van der Waals surface area contributed by atoms with Crippen LogP contribution in [0.5, 0.6) is 0 Å². The van der Waals surface area contributed by atoms with E-state index in [1.807, 2.05) is 0 Å².